The molecule has 24 heavy (non-hydrogen) atoms. The molecule has 0 saturated heterocycles. The topological polar surface area (TPSA) is 63.6 Å². The third-order valence-corrected chi connectivity index (χ3v) is 3.76. The molecule has 0 fully saturated rings. The Hall–Kier alpha value is -3.34. The summed E-state index contributed by atoms with van der Waals surface area (Å²) < 4.78 is 0. The quantitative estimate of drug-likeness (QED) is 0.622. The molecule has 2 aromatic carbocycles. The van der Waals surface area contributed by atoms with Gasteiger partial charge in [0.2, 0.25) is 5.95 Å². The molecular formula is C19H15N5. The maximum Gasteiger partial charge on any atom is 0.243 e. The van der Waals surface area contributed by atoms with Crippen molar-refractivity contribution in [1.82, 2.24) is 20.2 Å². The van der Waals surface area contributed by atoms with Crippen LogP contribution in [0.25, 0.3) is 22.0 Å². The van der Waals surface area contributed by atoms with Crippen LogP contribution in [0.5, 0.6) is 0 Å². The Labute approximate surface area is 139 Å². The molecule has 0 bridgehead atoms. The average Bonchev–Trinajstić information content (AvgIpc) is 2.67. The summed E-state index contributed by atoms with van der Waals surface area (Å²) in [4.78, 5) is 8.82. The number of hydrogen-bond acceptors (Lipinski definition) is 5. The molecule has 0 atom stereocenters. The zero-order valence-electron chi connectivity index (χ0n) is 12.9. The molecular weight excluding hydrogens is 298 g/mol. The van der Waals surface area contributed by atoms with E-state index in [4.69, 9.17) is 0 Å². The average molecular weight is 313 g/mol. The molecule has 0 saturated carbocycles. The summed E-state index contributed by atoms with van der Waals surface area (Å²) in [7, 11) is 0. The molecule has 2 heterocycles. The number of rotatable bonds is 4. The van der Waals surface area contributed by atoms with Gasteiger partial charge in [-0.05, 0) is 29.0 Å². The first-order valence-corrected chi connectivity index (χ1v) is 7.71. The van der Waals surface area contributed by atoms with Crippen LogP contribution in [0.4, 0.5) is 5.95 Å². The highest BCUT2D eigenvalue weighted by atomic mass is 15.2. The fraction of sp³-hybridized carbons (Fsp3) is 0.0526. The van der Waals surface area contributed by atoms with E-state index < -0.39 is 0 Å². The van der Waals surface area contributed by atoms with Crippen molar-refractivity contribution in [1.29, 1.82) is 0 Å². The smallest absolute Gasteiger partial charge is 0.243 e. The van der Waals surface area contributed by atoms with Gasteiger partial charge in [0.1, 0.15) is 0 Å². The molecule has 1 N–H and O–H groups in total. The van der Waals surface area contributed by atoms with Crippen LogP contribution in [-0.2, 0) is 6.54 Å². The first-order chi connectivity index (χ1) is 11.9. The molecule has 116 valence electrons. The molecule has 4 rings (SSSR count). The van der Waals surface area contributed by atoms with Crippen LogP contribution >= 0.6 is 0 Å². The van der Waals surface area contributed by atoms with Crippen molar-refractivity contribution in [2.75, 3.05) is 5.32 Å². The molecule has 0 unspecified atom stereocenters. The summed E-state index contributed by atoms with van der Waals surface area (Å²) >= 11 is 0. The van der Waals surface area contributed by atoms with Gasteiger partial charge in [-0.25, -0.2) is 4.98 Å². The molecule has 0 radical (unpaired) electrons. The molecule has 5 nitrogen and oxygen atoms in total. The largest absolute Gasteiger partial charge is 0.347 e. The van der Waals surface area contributed by atoms with E-state index in [0.29, 0.717) is 12.5 Å². The minimum absolute atomic E-state index is 0.492. The maximum absolute atomic E-state index is 4.55. The summed E-state index contributed by atoms with van der Waals surface area (Å²) in [5, 5.41) is 13.6. The van der Waals surface area contributed by atoms with Crippen LogP contribution in [0.2, 0.25) is 0 Å². The van der Waals surface area contributed by atoms with E-state index in [1.54, 1.807) is 12.4 Å². The van der Waals surface area contributed by atoms with E-state index in [2.05, 4.69) is 55.8 Å². The molecule has 0 aliphatic carbocycles. The molecule has 0 spiro atoms. The Balaban J connectivity index is 1.59. The van der Waals surface area contributed by atoms with Crippen molar-refractivity contribution in [2.45, 2.75) is 6.54 Å². The monoisotopic (exact) mass is 313 g/mol. The van der Waals surface area contributed by atoms with Gasteiger partial charge in [0.25, 0.3) is 0 Å². The fourth-order valence-corrected chi connectivity index (χ4v) is 2.54. The van der Waals surface area contributed by atoms with E-state index in [-0.39, 0.29) is 0 Å². The third-order valence-electron chi connectivity index (χ3n) is 3.76. The van der Waals surface area contributed by atoms with Crippen LogP contribution < -0.4 is 5.32 Å². The number of aromatic nitrogens is 4. The Morgan fingerprint density at radius 2 is 1.75 bits per heavy atom. The summed E-state index contributed by atoms with van der Waals surface area (Å²) in [6.07, 6.45) is 3.44. The second kappa shape index (κ2) is 6.42. The summed E-state index contributed by atoms with van der Waals surface area (Å²) in [5.41, 5.74) is 2.74. The highest BCUT2D eigenvalue weighted by Gasteiger charge is 2.05. The lowest BCUT2D eigenvalue weighted by Gasteiger charge is -2.06. The Kier molecular flexibility index (Phi) is 3.81. The van der Waals surface area contributed by atoms with E-state index in [0.717, 1.165) is 17.0 Å². The van der Waals surface area contributed by atoms with Gasteiger partial charge in [0.05, 0.1) is 24.1 Å². The Bertz CT molecular complexity index is 969. The van der Waals surface area contributed by atoms with Crippen LogP contribution in [0.1, 0.15) is 5.69 Å². The van der Waals surface area contributed by atoms with E-state index in [9.17, 15) is 0 Å². The fourth-order valence-electron chi connectivity index (χ4n) is 2.54. The van der Waals surface area contributed by atoms with Crippen LogP contribution in [0, 0.1) is 0 Å². The van der Waals surface area contributed by atoms with Gasteiger partial charge in [0.15, 0.2) is 0 Å². The van der Waals surface area contributed by atoms with Crippen molar-refractivity contribution < 1.29 is 0 Å². The molecule has 0 amide bonds. The molecule has 0 aliphatic rings. The second-order valence-corrected chi connectivity index (χ2v) is 5.40. The Morgan fingerprint density at radius 1 is 0.875 bits per heavy atom. The van der Waals surface area contributed by atoms with Crippen molar-refractivity contribution in [2.24, 2.45) is 0 Å². The van der Waals surface area contributed by atoms with Gasteiger partial charge in [0, 0.05) is 11.8 Å². The van der Waals surface area contributed by atoms with Crippen LogP contribution in [0.3, 0.4) is 0 Å². The lowest BCUT2D eigenvalue weighted by Crippen LogP contribution is -2.06. The van der Waals surface area contributed by atoms with Crippen molar-refractivity contribution in [3.05, 3.63) is 78.8 Å². The van der Waals surface area contributed by atoms with Crippen LogP contribution in [0.15, 0.2) is 73.1 Å². The lowest BCUT2D eigenvalue weighted by molar-refractivity contribution is 0.935. The van der Waals surface area contributed by atoms with Gasteiger partial charge >= 0.3 is 0 Å². The number of benzene rings is 2. The number of pyridine rings is 1. The zero-order chi connectivity index (χ0) is 16.2. The van der Waals surface area contributed by atoms with Crippen molar-refractivity contribution >= 4 is 16.7 Å². The van der Waals surface area contributed by atoms with Crippen LogP contribution in [-0.4, -0.2) is 20.2 Å². The van der Waals surface area contributed by atoms with Crippen molar-refractivity contribution in [3.63, 3.8) is 0 Å². The number of nitrogens with zero attached hydrogens (tertiary/aromatic N) is 4. The molecule has 0 aliphatic heterocycles. The van der Waals surface area contributed by atoms with Crippen molar-refractivity contribution in [3.8, 4) is 11.3 Å². The number of nitrogens with one attached hydrogen (secondary N) is 1. The number of hydrogen-bond donors (Lipinski definition) is 1. The van der Waals surface area contributed by atoms with Gasteiger partial charge in [-0.1, -0.05) is 42.5 Å². The van der Waals surface area contributed by atoms with Gasteiger partial charge in [-0.2, -0.15) is 5.10 Å². The highest BCUT2D eigenvalue weighted by molar-refractivity contribution is 5.86. The van der Waals surface area contributed by atoms with E-state index in [1.807, 2.05) is 30.3 Å². The van der Waals surface area contributed by atoms with Gasteiger partial charge in [-0.3, -0.25) is 4.98 Å². The summed E-state index contributed by atoms with van der Waals surface area (Å²) in [6, 6.07) is 20.3. The highest BCUT2D eigenvalue weighted by Crippen LogP contribution is 2.22. The molecule has 2 aromatic heterocycles. The number of fused-ring (bicyclic) bond motifs is 1. The molecule has 4 aromatic rings. The lowest BCUT2D eigenvalue weighted by atomic mass is 10.1. The van der Waals surface area contributed by atoms with E-state index >= 15 is 0 Å². The first kappa shape index (κ1) is 14.3. The minimum atomic E-state index is 0.492. The minimum Gasteiger partial charge on any atom is -0.347 e. The summed E-state index contributed by atoms with van der Waals surface area (Å²) in [5.74, 6) is 0.492. The third kappa shape index (κ3) is 3.05. The first-order valence-electron chi connectivity index (χ1n) is 7.71. The normalized spacial score (nSPS) is 10.7. The zero-order valence-corrected chi connectivity index (χ0v) is 12.9. The molecule has 5 heteroatoms. The van der Waals surface area contributed by atoms with Gasteiger partial charge < -0.3 is 5.32 Å². The predicted molar refractivity (Wildman–Crippen MR) is 94.3 cm³/mol. The summed E-state index contributed by atoms with van der Waals surface area (Å²) in [6.45, 7) is 0.559. The predicted octanol–water partition coefficient (Wildman–Crippen LogP) is 3.70. The standard InChI is InChI=1S/C19H15N5/c1-2-6-15-11-16(9-8-14(15)5-1)18-13-22-24-19(23-18)21-12-17-7-3-4-10-20-17/h1-11,13H,12H2,(H,21,23,24). The SMILES string of the molecule is c1ccc(CNc2nncc(-c3ccc4ccccc4c3)n2)nc1. The number of anilines is 1. The maximum atomic E-state index is 4.55. The second-order valence-electron chi connectivity index (χ2n) is 5.40. The Morgan fingerprint density at radius 3 is 2.62 bits per heavy atom. The van der Waals surface area contributed by atoms with Gasteiger partial charge in [-0.15, -0.1) is 5.10 Å². The van der Waals surface area contributed by atoms with E-state index in [1.165, 1.54) is 10.8 Å².